The molecule has 27 heavy (non-hydrogen) atoms. The number of rotatable bonds is 4. The molecule has 2 aromatic rings. The zero-order chi connectivity index (χ0) is 20.2. The smallest absolute Gasteiger partial charge is 0.312 e. The number of anilines is 1. The number of amides is 1. The van der Waals surface area contributed by atoms with Crippen LogP contribution < -0.4 is 15.4 Å². The Bertz CT molecular complexity index is 874. The normalized spacial score (nSPS) is 10.8. The van der Waals surface area contributed by atoms with E-state index in [9.17, 15) is 14.9 Å². The lowest BCUT2D eigenvalue weighted by atomic mass is 9.87. The third-order valence-electron chi connectivity index (χ3n) is 3.87. The van der Waals surface area contributed by atoms with Crippen molar-refractivity contribution in [1.29, 1.82) is 0 Å². The van der Waals surface area contributed by atoms with Crippen molar-refractivity contribution in [1.82, 2.24) is 5.32 Å². The highest BCUT2D eigenvalue weighted by molar-refractivity contribution is 7.80. The first-order chi connectivity index (χ1) is 12.6. The molecule has 0 unspecified atom stereocenters. The van der Waals surface area contributed by atoms with Crippen LogP contribution in [-0.4, -0.2) is 23.1 Å². The van der Waals surface area contributed by atoms with Gasteiger partial charge in [0.05, 0.1) is 12.0 Å². The number of thiocarbonyl (C=S) groups is 1. The molecule has 0 saturated carbocycles. The van der Waals surface area contributed by atoms with E-state index in [1.807, 2.05) is 12.1 Å². The Morgan fingerprint density at radius 1 is 1.15 bits per heavy atom. The minimum absolute atomic E-state index is 0.00501. The maximum Gasteiger partial charge on any atom is 0.312 e. The molecular formula is C19H21N3O4S. The molecule has 142 valence electrons. The van der Waals surface area contributed by atoms with Gasteiger partial charge in [0.25, 0.3) is 5.91 Å². The Balaban J connectivity index is 2.06. The molecule has 8 heteroatoms. The first-order valence-corrected chi connectivity index (χ1v) is 8.58. The number of nitro benzene ring substituents is 1. The zero-order valence-corrected chi connectivity index (χ0v) is 16.3. The highest BCUT2D eigenvalue weighted by Crippen LogP contribution is 2.29. The average Bonchev–Trinajstić information content (AvgIpc) is 2.60. The van der Waals surface area contributed by atoms with Crippen LogP contribution in [0.5, 0.6) is 5.75 Å². The van der Waals surface area contributed by atoms with Crippen molar-refractivity contribution in [2.45, 2.75) is 26.2 Å². The first kappa shape index (κ1) is 20.3. The van der Waals surface area contributed by atoms with Crippen LogP contribution in [0.15, 0.2) is 42.5 Å². The summed E-state index contributed by atoms with van der Waals surface area (Å²) < 4.78 is 4.95. The minimum atomic E-state index is -0.553. The molecule has 0 aliphatic rings. The summed E-state index contributed by atoms with van der Waals surface area (Å²) in [6.07, 6.45) is 0. The summed E-state index contributed by atoms with van der Waals surface area (Å²) in [6.45, 7) is 6.28. The van der Waals surface area contributed by atoms with Crippen molar-refractivity contribution < 1.29 is 14.5 Å². The van der Waals surface area contributed by atoms with Gasteiger partial charge in [0, 0.05) is 17.3 Å². The van der Waals surface area contributed by atoms with Gasteiger partial charge in [-0.15, -0.1) is 0 Å². The standard InChI is InChI=1S/C19H21N3O4S/c1-19(2,3)13-7-5-12(6-8-13)17(23)21-18(27)20-14-9-10-16(26-4)15(11-14)22(24)25/h5-11H,1-4H3,(H2,20,21,23,27). The molecule has 2 aromatic carbocycles. The summed E-state index contributed by atoms with van der Waals surface area (Å²) >= 11 is 5.12. The molecule has 0 heterocycles. The molecule has 0 spiro atoms. The number of carbonyl (C=O) groups is 1. The average molecular weight is 387 g/mol. The van der Waals surface area contributed by atoms with Gasteiger partial charge >= 0.3 is 5.69 Å². The van der Waals surface area contributed by atoms with Gasteiger partial charge in [0.1, 0.15) is 0 Å². The predicted molar refractivity (Wildman–Crippen MR) is 108 cm³/mol. The van der Waals surface area contributed by atoms with Gasteiger partial charge in [-0.2, -0.15) is 0 Å². The molecular weight excluding hydrogens is 366 g/mol. The number of hydrogen-bond acceptors (Lipinski definition) is 5. The van der Waals surface area contributed by atoms with Crippen molar-refractivity contribution in [3.05, 3.63) is 63.7 Å². The summed E-state index contributed by atoms with van der Waals surface area (Å²) in [6, 6.07) is 11.6. The summed E-state index contributed by atoms with van der Waals surface area (Å²) in [5.74, 6) is -0.226. The van der Waals surface area contributed by atoms with E-state index < -0.39 is 4.92 Å². The highest BCUT2D eigenvalue weighted by atomic mass is 32.1. The lowest BCUT2D eigenvalue weighted by Gasteiger charge is -2.19. The van der Waals surface area contributed by atoms with Gasteiger partial charge in [0.2, 0.25) is 0 Å². The third kappa shape index (κ3) is 5.24. The van der Waals surface area contributed by atoms with Crippen LogP contribution in [0.25, 0.3) is 0 Å². The second kappa shape index (κ2) is 8.13. The molecule has 0 aliphatic carbocycles. The summed E-state index contributed by atoms with van der Waals surface area (Å²) in [5, 5.41) is 16.4. The fourth-order valence-electron chi connectivity index (χ4n) is 2.37. The van der Waals surface area contributed by atoms with Crippen LogP contribution in [-0.2, 0) is 5.41 Å². The molecule has 2 N–H and O–H groups in total. The second-order valence-electron chi connectivity index (χ2n) is 6.88. The van der Waals surface area contributed by atoms with E-state index in [1.165, 1.54) is 19.2 Å². The van der Waals surface area contributed by atoms with Gasteiger partial charge in [0.15, 0.2) is 10.9 Å². The summed E-state index contributed by atoms with van der Waals surface area (Å²) in [4.78, 5) is 22.8. The fraction of sp³-hybridized carbons (Fsp3) is 0.263. The Hall–Kier alpha value is -3.00. The summed E-state index contributed by atoms with van der Waals surface area (Å²) in [5.41, 5.74) is 1.75. The SMILES string of the molecule is COc1ccc(NC(=S)NC(=O)c2ccc(C(C)(C)C)cc2)cc1[N+](=O)[O-]. The van der Waals surface area contributed by atoms with Crippen molar-refractivity contribution in [2.24, 2.45) is 0 Å². The molecule has 0 atom stereocenters. The number of nitrogens with zero attached hydrogens (tertiary/aromatic N) is 1. The molecule has 0 saturated heterocycles. The predicted octanol–water partition coefficient (Wildman–Crippen LogP) is 4.03. The van der Waals surface area contributed by atoms with Crippen molar-refractivity contribution in [3.63, 3.8) is 0 Å². The van der Waals surface area contributed by atoms with E-state index in [4.69, 9.17) is 17.0 Å². The minimum Gasteiger partial charge on any atom is -0.490 e. The third-order valence-corrected chi connectivity index (χ3v) is 4.08. The van der Waals surface area contributed by atoms with Crippen molar-refractivity contribution >= 4 is 34.6 Å². The monoisotopic (exact) mass is 387 g/mol. The molecule has 7 nitrogen and oxygen atoms in total. The molecule has 0 radical (unpaired) electrons. The van der Waals surface area contributed by atoms with E-state index in [2.05, 4.69) is 31.4 Å². The van der Waals surface area contributed by atoms with Crippen LogP contribution >= 0.6 is 12.2 Å². The number of carbonyl (C=O) groups excluding carboxylic acids is 1. The van der Waals surface area contributed by atoms with Gasteiger partial charge in [-0.1, -0.05) is 32.9 Å². The summed E-state index contributed by atoms with van der Waals surface area (Å²) in [7, 11) is 1.35. The van der Waals surface area contributed by atoms with E-state index in [-0.39, 0.29) is 27.9 Å². The number of ether oxygens (including phenoxy) is 1. The van der Waals surface area contributed by atoms with E-state index in [0.717, 1.165) is 5.56 Å². The molecule has 0 fully saturated rings. The fourth-order valence-corrected chi connectivity index (χ4v) is 2.58. The lowest BCUT2D eigenvalue weighted by Crippen LogP contribution is -2.34. The van der Waals surface area contributed by atoms with Crippen LogP contribution in [0.4, 0.5) is 11.4 Å². The topological polar surface area (TPSA) is 93.5 Å². The number of hydrogen-bond donors (Lipinski definition) is 2. The highest BCUT2D eigenvalue weighted by Gasteiger charge is 2.17. The van der Waals surface area contributed by atoms with E-state index in [1.54, 1.807) is 18.2 Å². The van der Waals surface area contributed by atoms with Crippen LogP contribution in [0, 0.1) is 10.1 Å². The lowest BCUT2D eigenvalue weighted by molar-refractivity contribution is -0.385. The van der Waals surface area contributed by atoms with Crippen molar-refractivity contribution in [2.75, 3.05) is 12.4 Å². The number of nitro groups is 1. The quantitative estimate of drug-likeness (QED) is 0.467. The Morgan fingerprint density at radius 2 is 1.78 bits per heavy atom. The molecule has 0 aromatic heterocycles. The number of methoxy groups -OCH3 is 1. The van der Waals surface area contributed by atoms with Gasteiger partial charge < -0.3 is 10.1 Å². The molecule has 0 bridgehead atoms. The van der Waals surface area contributed by atoms with Crippen LogP contribution in [0.1, 0.15) is 36.7 Å². The molecule has 2 rings (SSSR count). The Labute approximate surface area is 162 Å². The first-order valence-electron chi connectivity index (χ1n) is 8.17. The van der Waals surface area contributed by atoms with Crippen molar-refractivity contribution in [3.8, 4) is 5.75 Å². The molecule has 1 amide bonds. The Kier molecular flexibility index (Phi) is 6.12. The maximum atomic E-state index is 12.3. The van der Waals surface area contributed by atoms with Gasteiger partial charge in [-0.3, -0.25) is 20.2 Å². The molecule has 0 aliphatic heterocycles. The Morgan fingerprint density at radius 3 is 2.30 bits per heavy atom. The van der Waals surface area contributed by atoms with E-state index >= 15 is 0 Å². The van der Waals surface area contributed by atoms with Gasteiger partial charge in [-0.25, -0.2) is 0 Å². The van der Waals surface area contributed by atoms with Crippen LogP contribution in [0.2, 0.25) is 0 Å². The number of nitrogens with one attached hydrogen (secondary N) is 2. The van der Waals surface area contributed by atoms with E-state index in [0.29, 0.717) is 11.3 Å². The largest absolute Gasteiger partial charge is 0.490 e. The maximum absolute atomic E-state index is 12.3. The van der Waals surface area contributed by atoms with Gasteiger partial charge in [-0.05, 0) is 47.5 Å². The zero-order valence-electron chi connectivity index (χ0n) is 15.5. The second-order valence-corrected chi connectivity index (χ2v) is 7.29. The van der Waals surface area contributed by atoms with Crippen LogP contribution in [0.3, 0.4) is 0 Å². The number of benzene rings is 2.